The molecular weight excluding hydrogens is 346 g/mol. The van der Waals surface area contributed by atoms with Gasteiger partial charge in [-0.25, -0.2) is 9.97 Å². The van der Waals surface area contributed by atoms with Gasteiger partial charge in [-0.3, -0.25) is 10.3 Å². The zero-order valence-electron chi connectivity index (χ0n) is 14.7. The first-order valence-electron chi connectivity index (χ1n) is 8.05. The Hall–Kier alpha value is -3.13. The normalized spacial score (nSPS) is 11.3. The molecule has 1 aromatic carbocycles. The van der Waals surface area contributed by atoms with Crippen molar-refractivity contribution >= 4 is 45.8 Å². The summed E-state index contributed by atoms with van der Waals surface area (Å²) in [6, 6.07) is 11.8. The summed E-state index contributed by atoms with van der Waals surface area (Å²) in [6.45, 7) is 3.82. The molecule has 26 heavy (non-hydrogen) atoms. The first-order valence-corrected chi connectivity index (χ1v) is 8.46. The largest absolute Gasteiger partial charge is 0.364 e. The smallest absolute Gasteiger partial charge is 0.229 e. The average Bonchev–Trinajstić information content (AvgIpc) is 2.60. The molecule has 7 nitrogen and oxygen atoms in total. The molecule has 0 aliphatic carbocycles. The van der Waals surface area contributed by atoms with E-state index in [1.165, 1.54) is 0 Å². The number of aromatic nitrogens is 3. The van der Waals surface area contributed by atoms with Gasteiger partial charge in [0.2, 0.25) is 11.9 Å². The highest BCUT2D eigenvalue weighted by Crippen LogP contribution is 2.16. The number of thiocarbonyl (C=S) groups is 1. The molecule has 0 aliphatic rings. The van der Waals surface area contributed by atoms with Crippen LogP contribution in [0.15, 0.2) is 47.6 Å². The van der Waals surface area contributed by atoms with Crippen molar-refractivity contribution in [1.29, 1.82) is 0 Å². The molecule has 0 unspecified atom stereocenters. The fourth-order valence-electron chi connectivity index (χ4n) is 2.41. The lowest BCUT2D eigenvalue weighted by Crippen LogP contribution is -2.27. The summed E-state index contributed by atoms with van der Waals surface area (Å²) in [6.07, 6.45) is 1.74. The fourth-order valence-corrected chi connectivity index (χ4v) is 2.50. The molecule has 0 atom stereocenters. The van der Waals surface area contributed by atoms with Crippen LogP contribution in [0.2, 0.25) is 0 Å². The average molecular weight is 365 g/mol. The van der Waals surface area contributed by atoms with Crippen molar-refractivity contribution in [2.75, 3.05) is 17.7 Å². The van der Waals surface area contributed by atoms with Crippen molar-refractivity contribution in [2.45, 2.75) is 13.8 Å². The quantitative estimate of drug-likeness (QED) is 0.365. The summed E-state index contributed by atoms with van der Waals surface area (Å²) in [7, 11) is 1.72. The van der Waals surface area contributed by atoms with E-state index in [9.17, 15) is 0 Å². The molecule has 132 valence electrons. The van der Waals surface area contributed by atoms with Crippen LogP contribution >= 0.6 is 12.2 Å². The van der Waals surface area contributed by atoms with E-state index >= 15 is 0 Å². The van der Waals surface area contributed by atoms with Crippen LogP contribution < -0.4 is 16.0 Å². The number of fused-ring (bicyclic) bond motifs is 1. The van der Waals surface area contributed by atoms with E-state index in [2.05, 4.69) is 35.9 Å². The number of nitrogens with zero attached hydrogens (tertiary/aromatic N) is 4. The highest BCUT2D eigenvalue weighted by atomic mass is 32.1. The van der Waals surface area contributed by atoms with Gasteiger partial charge in [0.25, 0.3) is 0 Å². The van der Waals surface area contributed by atoms with Gasteiger partial charge in [-0.2, -0.15) is 4.99 Å². The van der Waals surface area contributed by atoms with Crippen molar-refractivity contribution in [3.05, 3.63) is 54.0 Å². The summed E-state index contributed by atoms with van der Waals surface area (Å²) in [5.74, 6) is 0.854. The maximum atomic E-state index is 5.16. The summed E-state index contributed by atoms with van der Waals surface area (Å²) >= 11 is 5.16. The summed E-state index contributed by atoms with van der Waals surface area (Å²) < 4.78 is 0. The number of hydrogen-bond donors (Lipinski definition) is 3. The van der Waals surface area contributed by atoms with Crippen LogP contribution in [0, 0.1) is 13.8 Å². The first-order chi connectivity index (χ1) is 12.5. The Morgan fingerprint density at radius 3 is 2.50 bits per heavy atom. The number of benzene rings is 1. The van der Waals surface area contributed by atoms with Gasteiger partial charge in [0.1, 0.15) is 0 Å². The Kier molecular flexibility index (Phi) is 5.33. The van der Waals surface area contributed by atoms with Crippen LogP contribution in [-0.2, 0) is 0 Å². The number of aliphatic imine (C=N–C) groups is 1. The molecule has 0 radical (unpaired) electrons. The van der Waals surface area contributed by atoms with Crippen LogP contribution in [0.4, 0.5) is 11.6 Å². The molecule has 0 bridgehead atoms. The zero-order chi connectivity index (χ0) is 18.5. The maximum absolute atomic E-state index is 5.16. The SMILES string of the molecule is CNC(=S)/N=C(/Nc1cnc2ccccc2c1)Nc1nc(C)cc(C)n1. The van der Waals surface area contributed by atoms with Crippen molar-refractivity contribution in [1.82, 2.24) is 20.3 Å². The van der Waals surface area contributed by atoms with Crippen LogP contribution in [0.1, 0.15) is 11.4 Å². The van der Waals surface area contributed by atoms with Gasteiger partial charge in [0.05, 0.1) is 17.4 Å². The van der Waals surface area contributed by atoms with E-state index in [-0.39, 0.29) is 0 Å². The highest BCUT2D eigenvalue weighted by molar-refractivity contribution is 7.80. The lowest BCUT2D eigenvalue weighted by atomic mass is 10.2. The van der Waals surface area contributed by atoms with Gasteiger partial charge >= 0.3 is 0 Å². The predicted octanol–water partition coefficient (Wildman–Crippen LogP) is 3.03. The third kappa shape index (κ3) is 4.48. The van der Waals surface area contributed by atoms with Crippen LogP contribution in [0.3, 0.4) is 0 Å². The third-order valence-electron chi connectivity index (χ3n) is 3.49. The van der Waals surface area contributed by atoms with Gasteiger partial charge in [0, 0.05) is 23.8 Å². The second-order valence-electron chi connectivity index (χ2n) is 5.66. The molecule has 2 heterocycles. The molecule has 3 aromatic rings. The standard InChI is InChI=1S/C18H19N7S/c1-11-8-12(2)22-16(21-11)24-17(25-18(26)19-3)23-14-9-13-6-4-5-7-15(13)20-10-14/h4-10H,1-3H3,(H3,19,21,22,23,24,25,26). The second-order valence-corrected chi connectivity index (χ2v) is 6.04. The van der Waals surface area contributed by atoms with Crippen molar-refractivity contribution in [2.24, 2.45) is 4.99 Å². The number of guanidine groups is 1. The Morgan fingerprint density at radius 2 is 1.77 bits per heavy atom. The number of pyridine rings is 1. The van der Waals surface area contributed by atoms with Crippen LogP contribution in [0.5, 0.6) is 0 Å². The topological polar surface area (TPSA) is 87.1 Å². The summed E-state index contributed by atoms with van der Waals surface area (Å²) in [4.78, 5) is 17.5. The predicted molar refractivity (Wildman–Crippen MR) is 110 cm³/mol. The van der Waals surface area contributed by atoms with E-state index in [0.29, 0.717) is 17.0 Å². The van der Waals surface area contributed by atoms with Gasteiger partial charge in [0.15, 0.2) is 5.11 Å². The molecule has 0 spiro atoms. The number of hydrogen-bond acceptors (Lipinski definition) is 4. The van der Waals surface area contributed by atoms with Gasteiger partial charge in [-0.05, 0) is 44.3 Å². The van der Waals surface area contributed by atoms with Gasteiger partial charge < -0.3 is 10.6 Å². The van der Waals surface area contributed by atoms with Crippen molar-refractivity contribution in [3.63, 3.8) is 0 Å². The number of para-hydroxylation sites is 1. The van der Waals surface area contributed by atoms with E-state index < -0.39 is 0 Å². The number of anilines is 2. The Morgan fingerprint density at radius 1 is 1.04 bits per heavy atom. The molecule has 0 saturated heterocycles. The molecule has 3 N–H and O–H groups in total. The molecule has 8 heteroatoms. The van der Waals surface area contributed by atoms with E-state index in [4.69, 9.17) is 12.2 Å². The first kappa shape index (κ1) is 17.7. The lowest BCUT2D eigenvalue weighted by Gasteiger charge is -2.12. The van der Waals surface area contributed by atoms with E-state index in [1.54, 1.807) is 13.2 Å². The Bertz CT molecular complexity index is 964. The summed E-state index contributed by atoms with van der Waals surface area (Å²) in [5, 5.41) is 10.5. The minimum atomic E-state index is 0.332. The fraction of sp³-hybridized carbons (Fsp3) is 0.167. The molecular formula is C18H19N7S. The molecule has 0 aliphatic heterocycles. The van der Waals surface area contributed by atoms with Crippen LogP contribution in [0.25, 0.3) is 10.9 Å². The van der Waals surface area contributed by atoms with Crippen molar-refractivity contribution in [3.8, 4) is 0 Å². The lowest BCUT2D eigenvalue weighted by molar-refractivity contribution is 1.06. The summed E-state index contributed by atoms with van der Waals surface area (Å²) in [5.41, 5.74) is 3.43. The minimum absolute atomic E-state index is 0.332. The molecule has 0 amide bonds. The van der Waals surface area contributed by atoms with Gasteiger partial charge in [-0.1, -0.05) is 18.2 Å². The minimum Gasteiger partial charge on any atom is -0.364 e. The Balaban J connectivity index is 1.90. The zero-order valence-corrected chi connectivity index (χ0v) is 15.6. The highest BCUT2D eigenvalue weighted by Gasteiger charge is 2.07. The molecule has 0 fully saturated rings. The number of nitrogens with one attached hydrogen (secondary N) is 3. The van der Waals surface area contributed by atoms with Crippen LogP contribution in [-0.4, -0.2) is 33.1 Å². The molecule has 0 saturated carbocycles. The third-order valence-corrected chi connectivity index (χ3v) is 3.79. The monoisotopic (exact) mass is 365 g/mol. The van der Waals surface area contributed by atoms with Gasteiger partial charge in [-0.15, -0.1) is 0 Å². The molecule has 2 aromatic heterocycles. The maximum Gasteiger partial charge on any atom is 0.229 e. The second kappa shape index (κ2) is 7.83. The van der Waals surface area contributed by atoms with E-state index in [0.717, 1.165) is 28.0 Å². The molecule has 3 rings (SSSR count). The number of rotatable bonds is 2. The Labute approximate surface area is 157 Å². The number of aryl methyl sites for hydroxylation is 2. The van der Waals surface area contributed by atoms with E-state index in [1.807, 2.05) is 50.2 Å². The van der Waals surface area contributed by atoms with Crippen molar-refractivity contribution < 1.29 is 0 Å².